The van der Waals surface area contributed by atoms with E-state index in [1.807, 2.05) is 13.8 Å². The molecule has 1 aliphatic rings. The van der Waals surface area contributed by atoms with E-state index in [0.29, 0.717) is 0 Å². The summed E-state index contributed by atoms with van der Waals surface area (Å²) in [6.07, 6.45) is 3.06. The van der Waals surface area contributed by atoms with Crippen LogP contribution in [0.2, 0.25) is 0 Å². The van der Waals surface area contributed by atoms with Crippen LogP contribution in [0.3, 0.4) is 0 Å². The van der Waals surface area contributed by atoms with Crippen LogP contribution in [0.5, 0.6) is 0 Å². The van der Waals surface area contributed by atoms with E-state index >= 15 is 0 Å². The average molecular weight is 237 g/mol. The van der Waals surface area contributed by atoms with Crippen LogP contribution >= 0.6 is 0 Å². The van der Waals surface area contributed by atoms with Crippen LogP contribution in [0, 0.1) is 5.92 Å². The predicted octanol–water partition coefficient (Wildman–Crippen LogP) is 1.16. The molecule has 2 N–H and O–H groups in total. The molecule has 0 unspecified atom stereocenters. The van der Waals surface area contributed by atoms with Crippen molar-refractivity contribution in [1.82, 2.24) is 10.3 Å². The number of carbonyl (C=O) groups excluding carboxylic acids is 2. The quantitative estimate of drug-likeness (QED) is 0.823. The van der Waals surface area contributed by atoms with E-state index in [-0.39, 0.29) is 35.5 Å². The van der Waals surface area contributed by atoms with Crippen molar-refractivity contribution in [2.75, 3.05) is 5.32 Å². The number of anilines is 1. The first kappa shape index (κ1) is 11.6. The number of oxazole rings is 1. The van der Waals surface area contributed by atoms with Crippen LogP contribution in [-0.4, -0.2) is 22.8 Å². The molecule has 1 aliphatic carbocycles. The monoisotopic (exact) mass is 237 g/mol. The van der Waals surface area contributed by atoms with E-state index in [2.05, 4.69) is 15.6 Å². The van der Waals surface area contributed by atoms with Crippen LogP contribution in [0.4, 0.5) is 6.01 Å². The van der Waals surface area contributed by atoms with Gasteiger partial charge in [-0.1, -0.05) is 0 Å². The summed E-state index contributed by atoms with van der Waals surface area (Å²) in [5, 5.41) is 5.22. The maximum absolute atomic E-state index is 11.6. The SMILES string of the molecule is CC(C)NC(=O)c1coc(NC(=O)C2CC2)n1. The van der Waals surface area contributed by atoms with Gasteiger partial charge in [-0.05, 0) is 26.7 Å². The molecule has 2 amide bonds. The number of hydrogen-bond donors (Lipinski definition) is 2. The molecule has 6 nitrogen and oxygen atoms in total. The molecule has 0 bridgehead atoms. The molecule has 1 fully saturated rings. The van der Waals surface area contributed by atoms with Crippen molar-refractivity contribution < 1.29 is 14.0 Å². The third kappa shape index (κ3) is 3.05. The molecule has 0 aliphatic heterocycles. The van der Waals surface area contributed by atoms with Crippen molar-refractivity contribution in [3.05, 3.63) is 12.0 Å². The Morgan fingerprint density at radius 2 is 2.18 bits per heavy atom. The molecule has 0 atom stereocenters. The van der Waals surface area contributed by atoms with Crippen LogP contribution in [-0.2, 0) is 4.79 Å². The lowest BCUT2D eigenvalue weighted by atomic mass is 10.3. The molecule has 0 radical (unpaired) electrons. The Balaban J connectivity index is 1.95. The zero-order valence-corrected chi connectivity index (χ0v) is 9.82. The van der Waals surface area contributed by atoms with E-state index in [4.69, 9.17) is 4.42 Å². The van der Waals surface area contributed by atoms with Crippen molar-refractivity contribution in [3.8, 4) is 0 Å². The van der Waals surface area contributed by atoms with Gasteiger partial charge in [0.1, 0.15) is 6.26 Å². The Hall–Kier alpha value is -1.85. The molecule has 0 spiro atoms. The van der Waals surface area contributed by atoms with Crippen molar-refractivity contribution in [2.45, 2.75) is 32.7 Å². The molecule has 1 heterocycles. The molecule has 92 valence electrons. The van der Waals surface area contributed by atoms with Gasteiger partial charge in [0.05, 0.1) is 0 Å². The van der Waals surface area contributed by atoms with Gasteiger partial charge in [-0.2, -0.15) is 4.98 Å². The maximum atomic E-state index is 11.6. The van der Waals surface area contributed by atoms with Crippen LogP contribution in [0.15, 0.2) is 10.7 Å². The number of nitrogens with zero attached hydrogens (tertiary/aromatic N) is 1. The summed E-state index contributed by atoms with van der Waals surface area (Å²) in [5.74, 6) is -0.326. The minimum Gasteiger partial charge on any atom is -0.431 e. The Kier molecular flexibility index (Phi) is 3.12. The largest absolute Gasteiger partial charge is 0.431 e. The lowest BCUT2D eigenvalue weighted by molar-refractivity contribution is -0.117. The summed E-state index contributed by atoms with van der Waals surface area (Å²) in [5.41, 5.74) is 0.171. The molecule has 1 aromatic heterocycles. The van der Waals surface area contributed by atoms with Gasteiger partial charge >= 0.3 is 6.01 Å². The first-order valence-corrected chi connectivity index (χ1v) is 5.63. The fourth-order valence-corrected chi connectivity index (χ4v) is 1.32. The average Bonchev–Trinajstić information content (AvgIpc) is 2.99. The normalized spacial score (nSPS) is 14.8. The molecule has 1 saturated carbocycles. The maximum Gasteiger partial charge on any atom is 0.302 e. The second-order valence-electron chi connectivity index (χ2n) is 4.43. The smallest absolute Gasteiger partial charge is 0.302 e. The van der Waals surface area contributed by atoms with E-state index in [0.717, 1.165) is 12.8 Å². The highest BCUT2D eigenvalue weighted by Gasteiger charge is 2.30. The number of aromatic nitrogens is 1. The number of nitrogens with one attached hydrogen (secondary N) is 2. The molecular weight excluding hydrogens is 222 g/mol. The highest BCUT2D eigenvalue weighted by molar-refractivity contribution is 5.94. The minimum atomic E-state index is -0.310. The fraction of sp³-hybridized carbons (Fsp3) is 0.545. The summed E-state index contributed by atoms with van der Waals surface area (Å²) < 4.78 is 5.01. The van der Waals surface area contributed by atoms with Gasteiger partial charge in [-0.25, -0.2) is 0 Å². The second-order valence-corrected chi connectivity index (χ2v) is 4.43. The highest BCUT2D eigenvalue weighted by atomic mass is 16.4. The molecule has 0 aromatic carbocycles. The Bertz CT molecular complexity index is 435. The topological polar surface area (TPSA) is 84.2 Å². The van der Waals surface area contributed by atoms with Gasteiger partial charge in [-0.15, -0.1) is 0 Å². The van der Waals surface area contributed by atoms with E-state index in [1.165, 1.54) is 6.26 Å². The van der Waals surface area contributed by atoms with Crippen molar-refractivity contribution in [2.24, 2.45) is 5.92 Å². The summed E-state index contributed by atoms with van der Waals surface area (Å²) in [6, 6.07) is 0.111. The van der Waals surface area contributed by atoms with Gasteiger partial charge < -0.3 is 9.73 Å². The predicted molar refractivity (Wildman–Crippen MR) is 60.5 cm³/mol. The van der Waals surface area contributed by atoms with E-state index in [9.17, 15) is 9.59 Å². The molecule has 1 aromatic rings. The summed E-state index contributed by atoms with van der Waals surface area (Å²) in [6.45, 7) is 3.71. The van der Waals surface area contributed by atoms with Crippen molar-refractivity contribution in [3.63, 3.8) is 0 Å². The van der Waals surface area contributed by atoms with Gasteiger partial charge in [0.15, 0.2) is 5.69 Å². The Morgan fingerprint density at radius 3 is 2.76 bits per heavy atom. The lowest BCUT2D eigenvalue weighted by Crippen LogP contribution is -2.30. The number of amides is 2. The van der Waals surface area contributed by atoms with Crippen molar-refractivity contribution in [1.29, 1.82) is 0 Å². The van der Waals surface area contributed by atoms with Gasteiger partial charge in [0.2, 0.25) is 5.91 Å². The first-order chi connectivity index (χ1) is 8.06. The molecule has 6 heteroatoms. The van der Waals surface area contributed by atoms with Gasteiger partial charge in [0, 0.05) is 12.0 Å². The van der Waals surface area contributed by atoms with Crippen LogP contribution in [0.25, 0.3) is 0 Å². The summed E-state index contributed by atoms with van der Waals surface area (Å²) >= 11 is 0. The van der Waals surface area contributed by atoms with Crippen LogP contribution < -0.4 is 10.6 Å². The highest BCUT2D eigenvalue weighted by Crippen LogP contribution is 2.29. The van der Waals surface area contributed by atoms with Gasteiger partial charge in [-0.3, -0.25) is 14.9 Å². The first-order valence-electron chi connectivity index (χ1n) is 5.63. The lowest BCUT2D eigenvalue weighted by Gasteiger charge is -2.04. The zero-order valence-electron chi connectivity index (χ0n) is 9.82. The standard InChI is InChI=1S/C11H15N3O3/c1-6(2)12-10(16)8-5-17-11(13-8)14-9(15)7-3-4-7/h5-7H,3-4H2,1-2H3,(H,12,16)(H,13,14,15). The van der Waals surface area contributed by atoms with Gasteiger partial charge in [0.25, 0.3) is 5.91 Å². The van der Waals surface area contributed by atoms with Crippen LogP contribution in [0.1, 0.15) is 37.2 Å². The third-order valence-electron chi connectivity index (χ3n) is 2.33. The number of rotatable bonds is 4. The fourth-order valence-electron chi connectivity index (χ4n) is 1.32. The molecule has 0 saturated heterocycles. The molecule has 17 heavy (non-hydrogen) atoms. The Labute approximate surface area is 98.8 Å². The van der Waals surface area contributed by atoms with E-state index < -0.39 is 0 Å². The van der Waals surface area contributed by atoms with Crippen molar-refractivity contribution >= 4 is 17.8 Å². The van der Waals surface area contributed by atoms with E-state index in [1.54, 1.807) is 0 Å². The second kappa shape index (κ2) is 4.57. The molecular formula is C11H15N3O3. The Morgan fingerprint density at radius 1 is 1.47 bits per heavy atom. The number of carbonyl (C=O) groups is 2. The summed E-state index contributed by atoms with van der Waals surface area (Å²) in [7, 11) is 0. The molecule has 2 rings (SSSR count). The zero-order chi connectivity index (χ0) is 12.4. The number of hydrogen-bond acceptors (Lipinski definition) is 4. The third-order valence-corrected chi connectivity index (χ3v) is 2.33. The minimum absolute atomic E-state index is 0.0312. The summed E-state index contributed by atoms with van der Waals surface area (Å²) in [4.78, 5) is 26.9.